The van der Waals surface area contributed by atoms with Crippen molar-refractivity contribution in [2.45, 2.75) is 6.42 Å². The van der Waals surface area contributed by atoms with Gasteiger partial charge in [-0.2, -0.15) is 0 Å². The maximum absolute atomic E-state index is 5.67. The summed E-state index contributed by atoms with van der Waals surface area (Å²) in [6, 6.07) is 0. The van der Waals surface area contributed by atoms with E-state index in [1.54, 1.807) is 0 Å². The van der Waals surface area contributed by atoms with E-state index in [1.807, 2.05) is 0 Å². The Kier molecular flexibility index (Phi) is 2.35. The first-order valence-electron chi connectivity index (χ1n) is 2.16. The van der Waals surface area contributed by atoms with Crippen molar-refractivity contribution < 1.29 is 22.0 Å². The average Bonchev–Trinajstić information content (AvgIpc) is 2.14. The van der Waals surface area contributed by atoms with E-state index in [2.05, 4.69) is 18.2 Å². The number of allylic oxidation sites excluding steroid dienone is 4. The Bertz CT molecular complexity index is 115. The molecule has 0 aliphatic heterocycles. The van der Waals surface area contributed by atoms with Crippen molar-refractivity contribution in [3.8, 4) is 0 Å². The fourth-order valence-corrected chi connectivity index (χ4v) is 2.22. The molecule has 0 N–H and O–H groups in total. The van der Waals surface area contributed by atoms with E-state index in [9.17, 15) is 0 Å². The molecule has 0 spiro atoms. The molecule has 0 nitrogen and oxygen atoms in total. The van der Waals surface area contributed by atoms with E-state index in [0.717, 1.165) is 6.42 Å². The molecule has 1 aliphatic rings. The topological polar surface area (TPSA) is 0 Å². The third-order valence-corrected chi connectivity index (χ3v) is 3.84. The van der Waals surface area contributed by atoms with Crippen LogP contribution in [0, 0.1) is 0 Å². The van der Waals surface area contributed by atoms with Crippen LogP contribution in [0.2, 0.25) is 0 Å². The molecule has 1 aliphatic carbocycles. The van der Waals surface area contributed by atoms with Gasteiger partial charge in [0.15, 0.2) is 0 Å². The molecule has 2 heteroatoms. The van der Waals surface area contributed by atoms with Crippen LogP contribution in [0.5, 0.6) is 0 Å². The normalized spacial score (nSPS) is 17.0. The molecule has 7 heavy (non-hydrogen) atoms. The molecular weight excluding hydrogens is 187 g/mol. The summed E-state index contributed by atoms with van der Waals surface area (Å²) in [6.45, 7) is 0. The Morgan fingerprint density at radius 3 is 2.86 bits per heavy atom. The predicted octanol–water partition coefficient (Wildman–Crippen LogP) is 2.07. The standard InChI is InChI=1S/C5H5.ClH.Zr/c1-2-4-5-3-1;;/h1-3H,4H2;1H;/q;;+1/p-1. The van der Waals surface area contributed by atoms with Crippen molar-refractivity contribution in [2.24, 2.45) is 0 Å². The Balaban J connectivity index is 2.45. The Morgan fingerprint density at radius 1 is 1.71 bits per heavy atom. The third-order valence-electron chi connectivity index (χ3n) is 0.893. The molecule has 0 fully saturated rings. The number of hydrogen-bond donors (Lipinski definition) is 0. The molecule has 0 aromatic rings. The number of halogens is 1. The number of hydrogen-bond acceptors (Lipinski definition) is 0. The van der Waals surface area contributed by atoms with Crippen molar-refractivity contribution in [1.29, 1.82) is 0 Å². The van der Waals surface area contributed by atoms with Crippen LogP contribution in [0.25, 0.3) is 0 Å². The van der Waals surface area contributed by atoms with E-state index in [-0.39, 0.29) is 0 Å². The molecule has 0 amide bonds. The van der Waals surface area contributed by atoms with E-state index < -0.39 is 22.0 Å². The summed E-state index contributed by atoms with van der Waals surface area (Å²) in [5.74, 6) is 0. The van der Waals surface area contributed by atoms with Crippen LogP contribution < -0.4 is 0 Å². The van der Waals surface area contributed by atoms with Crippen LogP contribution in [0.4, 0.5) is 0 Å². The van der Waals surface area contributed by atoms with Crippen molar-refractivity contribution in [1.82, 2.24) is 0 Å². The van der Waals surface area contributed by atoms with Crippen LogP contribution in [-0.4, -0.2) is 0 Å². The molecule has 0 saturated carbocycles. The minimum absolute atomic E-state index is 0.569. The maximum atomic E-state index is 5.67. The molecule has 0 bridgehead atoms. The molecule has 0 aromatic carbocycles. The van der Waals surface area contributed by atoms with Crippen LogP contribution >= 0.6 is 8.51 Å². The molecule has 0 unspecified atom stereocenters. The molecule has 0 radical (unpaired) electrons. The van der Waals surface area contributed by atoms with E-state index >= 15 is 0 Å². The fraction of sp³-hybridized carbons (Fsp3) is 0.200. The van der Waals surface area contributed by atoms with Crippen LogP contribution in [0.15, 0.2) is 21.5 Å². The predicted molar refractivity (Wildman–Crippen MR) is 27.7 cm³/mol. The molecule has 0 saturated heterocycles. The summed E-state index contributed by atoms with van der Waals surface area (Å²) in [7, 11) is 5.67. The van der Waals surface area contributed by atoms with Crippen molar-refractivity contribution >= 4 is 8.51 Å². The van der Waals surface area contributed by atoms with Crippen molar-refractivity contribution in [2.75, 3.05) is 0 Å². The summed E-state index contributed by atoms with van der Waals surface area (Å²) in [4.78, 5) is 0. The molecule has 0 atom stereocenters. The Hall–Kier alpha value is 0.653. The molecule has 36 valence electrons. The molecule has 0 heterocycles. The summed E-state index contributed by atoms with van der Waals surface area (Å²) < 4.78 is 1.49. The average molecular weight is 192 g/mol. The zero-order valence-electron chi connectivity index (χ0n) is 3.82. The van der Waals surface area contributed by atoms with Gasteiger partial charge < -0.3 is 0 Å². The Labute approximate surface area is 58.4 Å². The first-order valence-corrected chi connectivity index (χ1v) is 6.55. The van der Waals surface area contributed by atoms with Gasteiger partial charge in [0.2, 0.25) is 0 Å². The fourth-order valence-electron chi connectivity index (χ4n) is 0.517. The first kappa shape index (κ1) is 5.78. The van der Waals surface area contributed by atoms with E-state index in [1.165, 1.54) is 3.28 Å². The van der Waals surface area contributed by atoms with E-state index in [4.69, 9.17) is 8.51 Å². The quantitative estimate of drug-likeness (QED) is 0.596. The van der Waals surface area contributed by atoms with Gasteiger partial charge in [0.25, 0.3) is 0 Å². The van der Waals surface area contributed by atoms with Crippen LogP contribution in [0.3, 0.4) is 0 Å². The SMILES string of the molecule is [Cl][Zr][C]1=CC=CC1. The first-order chi connectivity index (χ1) is 3.43. The van der Waals surface area contributed by atoms with Gasteiger partial charge in [-0.15, -0.1) is 0 Å². The third kappa shape index (κ3) is 1.55. The summed E-state index contributed by atoms with van der Waals surface area (Å²) >= 11 is -0.569. The summed E-state index contributed by atoms with van der Waals surface area (Å²) in [6.07, 6.45) is 7.51. The molecule has 1 rings (SSSR count). The second kappa shape index (κ2) is 2.84. The second-order valence-corrected chi connectivity index (χ2v) is 4.58. The molecule has 0 aromatic heterocycles. The van der Waals surface area contributed by atoms with Gasteiger partial charge in [-0.3, -0.25) is 0 Å². The van der Waals surface area contributed by atoms with Gasteiger partial charge in [-0.1, -0.05) is 0 Å². The summed E-state index contributed by atoms with van der Waals surface area (Å²) in [5, 5.41) is 0. The van der Waals surface area contributed by atoms with E-state index in [0.29, 0.717) is 0 Å². The zero-order valence-corrected chi connectivity index (χ0v) is 7.03. The zero-order chi connectivity index (χ0) is 5.11. The van der Waals surface area contributed by atoms with Gasteiger partial charge in [0.05, 0.1) is 0 Å². The Morgan fingerprint density at radius 2 is 2.57 bits per heavy atom. The van der Waals surface area contributed by atoms with Crippen molar-refractivity contribution in [3.63, 3.8) is 0 Å². The van der Waals surface area contributed by atoms with Crippen LogP contribution in [-0.2, 0) is 22.0 Å². The van der Waals surface area contributed by atoms with Gasteiger partial charge in [0, 0.05) is 0 Å². The molecular formula is C5H5ClZr. The monoisotopic (exact) mass is 190 g/mol. The van der Waals surface area contributed by atoms with Crippen molar-refractivity contribution in [3.05, 3.63) is 21.5 Å². The number of rotatable bonds is 1. The van der Waals surface area contributed by atoms with Gasteiger partial charge in [-0.05, 0) is 0 Å². The minimum atomic E-state index is -0.569. The van der Waals surface area contributed by atoms with Gasteiger partial charge >= 0.3 is 58.5 Å². The summed E-state index contributed by atoms with van der Waals surface area (Å²) in [5.41, 5.74) is 0. The second-order valence-electron chi connectivity index (χ2n) is 1.42. The van der Waals surface area contributed by atoms with Gasteiger partial charge in [-0.25, -0.2) is 0 Å². The van der Waals surface area contributed by atoms with Gasteiger partial charge in [0.1, 0.15) is 0 Å². The van der Waals surface area contributed by atoms with Crippen LogP contribution in [0.1, 0.15) is 6.42 Å².